The molecule has 0 radical (unpaired) electrons. The molecule has 2 heterocycles. The molecule has 4 amide bonds. The van der Waals surface area contributed by atoms with Crippen molar-refractivity contribution in [2.45, 2.75) is 58.7 Å². The highest BCUT2D eigenvalue weighted by Crippen LogP contribution is 2.37. The van der Waals surface area contributed by atoms with Gasteiger partial charge in [-0.3, -0.25) is 14.5 Å². The minimum atomic E-state index is -1.34. The van der Waals surface area contributed by atoms with Gasteiger partial charge in [-0.2, -0.15) is 0 Å². The molecule has 3 aromatic carbocycles. The highest BCUT2D eigenvalue weighted by Gasteiger charge is 2.38. The third-order valence-electron chi connectivity index (χ3n) is 8.81. The maximum atomic E-state index is 14.6. The number of aromatic nitrogens is 2. The van der Waals surface area contributed by atoms with Crippen molar-refractivity contribution in [3.8, 4) is 11.5 Å². The summed E-state index contributed by atoms with van der Waals surface area (Å²) in [5.74, 6) is -2.81. The van der Waals surface area contributed by atoms with Crippen LogP contribution in [0.25, 0.3) is 10.9 Å². The van der Waals surface area contributed by atoms with Crippen LogP contribution in [0.5, 0.6) is 11.5 Å². The van der Waals surface area contributed by atoms with Gasteiger partial charge in [0.1, 0.15) is 28.5 Å². The second-order valence-electron chi connectivity index (χ2n) is 14.4. The predicted molar refractivity (Wildman–Crippen MR) is 204 cm³/mol. The van der Waals surface area contributed by atoms with Gasteiger partial charge in [0.05, 0.1) is 49.9 Å². The summed E-state index contributed by atoms with van der Waals surface area (Å²) in [5, 5.41) is 6.73. The van der Waals surface area contributed by atoms with Crippen LogP contribution in [0.2, 0.25) is 0 Å². The number of fused-ring (bicyclic) bond motifs is 1. The highest BCUT2D eigenvalue weighted by atomic mass is 19.2. The summed E-state index contributed by atoms with van der Waals surface area (Å²) < 4.78 is 60.4. The van der Waals surface area contributed by atoms with Gasteiger partial charge in [0.2, 0.25) is 5.91 Å². The number of nitrogens with one attached hydrogen (secondary N) is 2. The Morgan fingerprint density at radius 2 is 1.53 bits per heavy atom. The number of rotatable bonds is 9. The van der Waals surface area contributed by atoms with Crippen molar-refractivity contribution in [2.75, 3.05) is 55.6 Å². The molecule has 298 valence electrons. The van der Waals surface area contributed by atoms with Crippen LogP contribution in [-0.4, -0.2) is 84.1 Å². The van der Waals surface area contributed by atoms with Crippen LogP contribution in [0.4, 0.5) is 34.1 Å². The summed E-state index contributed by atoms with van der Waals surface area (Å²) in [6, 6.07) is 9.51. The Kier molecular flexibility index (Phi) is 11.5. The molecular formula is C38H48F3N7O7. The number of nitrogens with zero attached hydrogens (tertiary/aromatic N) is 5. The predicted octanol–water partition coefficient (Wildman–Crippen LogP) is 6.21. The van der Waals surface area contributed by atoms with E-state index >= 15 is 0 Å². The van der Waals surface area contributed by atoms with E-state index in [9.17, 15) is 32.3 Å². The molecule has 1 aliphatic rings. The van der Waals surface area contributed by atoms with Crippen molar-refractivity contribution in [3.63, 3.8) is 0 Å². The standard InChI is InChI=1S/C38H44F3N7O7.2H2/c1-22(47(30-14-13-25(53-7)19-31(30)54-8)35(51)42-24-11-9-23(39)10-12-24)32-43-29-21-28(41)27(40)20-26(29)33(49)48(32)46-17-15-45(16-18-46)34(50)38(5,6)44-36(52)55-37(2,3)4;;/h9-14,19-22H,15-18H2,1-8H3,(H,42,51)(H,44,52);2*1H. The summed E-state index contributed by atoms with van der Waals surface area (Å²) in [6.45, 7) is 10.1. The van der Waals surface area contributed by atoms with E-state index in [4.69, 9.17) is 14.2 Å². The number of alkyl carbamates (subject to hydrolysis) is 1. The second-order valence-corrected chi connectivity index (χ2v) is 14.4. The van der Waals surface area contributed by atoms with Crippen molar-refractivity contribution >= 4 is 40.3 Å². The molecule has 0 saturated carbocycles. The van der Waals surface area contributed by atoms with Crippen LogP contribution >= 0.6 is 0 Å². The number of carbonyl (C=O) groups is 3. The summed E-state index contributed by atoms with van der Waals surface area (Å²) in [6.07, 6.45) is -0.762. The molecular weight excluding hydrogens is 723 g/mol. The van der Waals surface area contributed by atoms with Gasteiger partial charge in [-0.15, -0.1) is 0 Å². The van der Waals surface area contributed by atoms with Crippen molar-refractivity contribution in [1.82, 2.24) is 19.9 Å². The fourth-order valence-corrected chi connectivity index (χ4v) is 6.15. The number of methoxy groups -OCH3 is 2. The second kappa shape index (κ2) is 15.8. The molecule has 5 rings (SSSR count). The fraction of sp³-hybridized carbons (Fsp3) is 0.395. The third kappa shape index (κ3) is 8.87. The molecule has 1 unspecified atom stereocenters. The lowest BCUT2D eigenvalue weighted by atomic mass is 10.0. The molecule has 14 nitrogen and oxygen atoms in total. The van der Waals surface area contributed by atoms with E-state index in [1.165, 1.54) is 53.0 Å². The van der Waals surface area contributed by atoms with E-state index in [-0.39, 0.29) is 62.9 Å². The zero-order chi connectivity index (χ0) is 40.4. The molecule has 0 bridgehead atoms. The lowest BCUT2D eigenvalue weighted by Crippen LogP contribution is -2.62. The average molecular weight is 772 g/mol. The first-order chi connectivity index (χ1) is 25.8. The summed E-state index contributed by atoms with van der Waals surface area (Å²) >= 11 is 0. The van der Waals surface area contributed by atoms with Crippen LogP contribution in [0.15, 0.2) is 59.4 Å². The maximum Gasteiger partial charge on any atom is 0.408 e. The normalized spacial score (nSPS) is 13.9. The van der Waals surface area contributed by atoms with E-state index in [1.807, 2.05) is 0 Å². The number of amides is 4. The highest BCUT2D eigenvalue weighted by molar-refractivity contribution is 6.03. The number of benzene rings is 3. The number of ether oxygens (including phenoxy) is 3. The average Bonchev–Trinajstić information content (AvgIpc) is 3.12. The fourth-order valence-electron chi connectivity index (χ4n) is 6.15. The van der Waals surface area contributed by atoms with Gasteiger partial charge in [0.15, 0.2) is 17.5 Å². The molecule has 1 aromatic heterocycles. The molecule has 1 atom stereocenters. The van der Waals surface area contributed by atoms with Gasteiger partial charge in [0, 0.05) is 33.8 Å². The largest absolute Gasteiger partial charge is 0.497 e. The third-order valence-corrected chi connectivity index (χ3v) is 8.81. The molecule has 55 heavy (non-hydrogen) atoms. The number of hydrogen-bond donors (Lipinski definition) is 2. The van der Waals surface area contributed by atoms with Crippen LogP contribution in [0.1, 0.15) is 56.3 Å². The van der Waals surface area contributed by atoms with Gasteiger partial charge >= 0.3 is 12.1 Å². The molecule has 2 N–H and O–H groups in total. The molecule has 1 fully saturated rings. The summed E-state index contributed by atoms with van der Waals surface area (Å²) in [7, 11) is 2.85. The zero-order valence-electron chi connectivity index (χ0n) is 31.8. The quantitative estimate of drug-likeness (QED) is 0.203. The Bertz CT molecular complexity index is 2160. The molecule has 1 aliphatic heterocycles. The summed E-state index contributed by atoms with van der Waals surface area (Å²) in [5.41, 5.74) is -2.57. The van der Waals surface area contributed by atoms with E-state index in [1.54, 1.807) is 64.8 Å². The minimum absolute atomic E-state index is 0. The Morgan fingerprint density at radius 3 is 2.13 bits per heavy atom. The smallest absolute Gasteiger partial charge is 0.408 e. The van der Waals surface area contributed by atoms with Crippen LogP contribution in [-0.2, 0) is 9.53 Å². The topological polar surface area (TPSA) is 148 Å². The maximum absolute atomic E-state index is 14.6. The van der Waals surface area contributed by atoms with Gasteiger partial charge in [-0.1, -0.05) is 0 Å². The monoisotopic (exact) mass is 771 g/mol. The Balaban J connectivity index is 0.00000435. The van der Waals surface area contributed by atoms with Crippen molar-refractivity contribution in [1.29, 1.82) is 0 Å². The number of anilines is 2. The van der Waals surface area contributed by atoms with Gasteiger partial charge in [0.25, 0.3) is 5.56 Å². The number of halogens is 3. The first kappa shape index (κ1) is 40.2. The Labute approximate surface area is 318 Å². The lowest BCUT2D eigenvalue weighted by molar-refractivity contribution is -0.137. The van der Waals surface area contributed by atoms with Crippen LogP contribution in [0.3, 0.4) is 0 Å². The molecule has 1 saturated heterocycles. The minimum Gasteiger partial charge on any atom is -0.497 e. The van der Waals surface area contributed by atoms with Gasteiger partial charge in [-0.05, 0) is 84.0 Å². The first-order valence-corrected chi connectivity index (χ1v) is 17.4. The Morgan fingerprint density at radius 1 is 0.891 bits per heavy atom. The molecule has 0 spiro atoms. The molecule has 4 aromatic rings. The van der Waals surface area contributed by atoms with Crippen molar-refractivity contribution in [3.05, 3.63) is 88.2 Å². The van der Waals surface area contributed by atoms with Crippen LogP contribution in [0, 0.1) is 17.5 Å². The van der Waals surface area contributed by atoms with Crippen LogP contribution < -0.4 is 35.6 Å². The first-order valence-electron chi connectivity index (χ1n) is 17.4. The van der Waals surface area contributed by atoms with Crippen molar-refractivity contribution < 1.29 is 44.6 Å². The zero-order valence-corrected chi connectivity index (χ0v) is 31.8. The van der Waals surface area contributed by atoms with E-state index in [2.05, 4.69) is 15.6 Å². The van der Waals surface area contributed by atoms with Gasteiger partial charge < -0.3 is 34.8 Å². The molecule has 17 heteroatoms. The number of urea groups is 1. The Hall–Kier alpha value is -6.00. The van der Waals surface area contributed by atoms with E-state index in [0.29, 0.717) is 5.75 Å². The molecule has 0 aliphatic carbocycles. The number of hydrogen-bond acceptors (Lipinski definition) is 9. The number of piperazine rings is 1. The van der Waals surface area contributed by atoms with E-state index in [0.717, 1.165) is 12.1 Å². The van der Waals surface area contributed by atoms with Crippen molar-refractivity contribution in [2.24, 2.45) is 0 Å². The van der Waals surface area contributed by atoms with E-state index < -0.39 is 58.2 Å². The van der Waals surface area contributed by atoms with Gasteiger partial charge in [-0.25, -0.2) is 32.4 Å². The number of carbonyl (C=O) groups excluding carboxylic acids is 3. The SMILES string of the molecule is COc1ccc(N(C(=O)Nc2ccc(F)cc2)C(C)c2nc3cc(F)c(F)cc3c(=O)n2N2CCN(C(=O)C(C)(C)NC(=O)OC(C)(C)C)CC2)c(OC)c1.[HH].[HH]. The summed E-state index contributed by atoms with van der Waals surface area (Å²) in [4.78, 5) is 62.2. The lowest BCUT2D eigenvalue weighted by Gasteiger charge is -2.41.